The van der Waals surface area contributed by atoms with Crippen LogP contribution in [-0.4, -0.2) is 15.8 Å². The van der Waals surface area contributed by atoms with Gasteiger partial charge in [-0.1, -0.05) is 78.3 Å². The number of hydrogen-bond donors (Lipinski definition) is 1. The molecule has 6 rings (SSSR count). The fourth-order valence-corrected chi connectivity index (χ4v) is 4.67. The number of anilines is 1. The topological polar surface area (TPSA) is 42.2 Å². The van der Waals surface area contributed by atoms with Crippen molar-refractivity contribution < 1.29 is 0 Å². The maximum atomic E-state index is 6.15. The number of fused-ring (bicyclic) bond motifs is 2. The zero-order chi connectivity index (χ0) is 23.6. The van der Waals surface area contributed by atoms with Crippen molar-refractivity contribution in [2.75, 3.05) is 5.43 Å². The molecule has 2 aromatic heterocycles. The standard InChI is InChI=1S/C30H21ClN4/c31-22-15-16-25-27(17-18-32-28(25)19-22)34-33-20-26-24-13-7-8-14-29(24)35(23-11-5-2-6-12-23)30(26)21-9-3-1-4-10-21/h1-20H,(H,32,34)/b33-20-. The van der Waals surface area contributed by atoms with Crippen molar-refractivity contribution in [2.45, 2.75) is 0 Å². The lowest BCUT2D eigenvalue weighted by atomic mass is 10.1. The van der Waals surface area contributed by atoms with Crippen LogP contribution in [0, 0.1) is 0 Å². The molecule has 0 fully saturated rings. The molecule has 2 heterocycles. The Balaban J connectivity index is 1.52. The number of nitrogens with zero attached hydrogens (tertiary/aromatic N) is 3. The summed E-state index contributed by atoms with van der Waals surface area (Å²) in [5.41, 5.74) is 10.4. The molecule has 0 atom stereocenters. The van der Waals surface area contributed by atoms with Crippen molar-refractivity contribution in [2.24, 2.45) is 5.10 Å². The van der Waals surface area contributed by atoms with E-state index >= 15 is 0 Å². The van der Waals surface area contributed by atoms with Gasteiger partial charge in [0.2, 0.25) is 0 Å². The second kappa shape index (κ2) is 9.09. The first-order valence-electron chi connectivity index (χ1n) is 11.4. The van der Waals surface area contributed by atoms with Gasteiger partial charge in [0.1, 0.15) is 0 Å². The fraction of sp³-hybridized carbons (Fsp3) is 0. The van der Waals surface area contributed by atoms with Crippen LogP contribution in [0.15, 0.2) is 120 Å². The number of halogens is 1. The lowest BCUT2D eigenvalue weighted by molar-refractivity contribution is 1.13. The van der Waals surface area contributed by atoms with Crippen LogP contribution >= 0.6 is 11.6 Å². The highest BCUT2D eigenvalue weighted by molar-refractivity contribution is 6.31. The first kappa shape index (κ1) is 21.1. The fourth-order valence-electron chi connectivity index (χ4n) is 4.51. The Bertz CT molecular complexity index is 1670. The molecule has 0 spiro atoms. The van der Waals surface area contributed by atoms with Gasteiger partial charge in [-0.3, -0.25) is 10.4 Å². The number of benzene rings is 4. The minimum Gasteiger partial charge on any atom is -0.309 e. The molecule has 0 aliphatic heterocycles. The van der Waals surface area contributed by atoms with Crippen LogP contribution in [0.2, 0.25) is 5.02 Å². The predicted molar refractivity (Wildman–Crippen MR) is 147 cm³/mol. The minimum absolute atomic E-state index is 0.659. The first-order valence-corrected chi connectivity index (χ1v) is 11.7. The summed E-state index contributed by atoms with van der Waals surface area (Å²) >= 11 is 6.15. The summed E-state index contributed by atoms with van der Waals surface area (Å²) in [5, 5.41) is 7.43. The number of nitrogens with one attached hydrogen (secondary N) is 1. The molecule has 5 heteroatoms. The average molecular weight is 473 g/mol. The number of aromatic nitrogens is 2. The molecule has 0 unspecified atom stereocenters. The quantitative estimate of drug-likeness (QED) is 0.204. The monoisotopic (exact) mass is 472 g/mol. The normalized spacial score (nSPS) is 11.5. The van der Waals surface area contributed by atoms with E-state index in [-0.39, 0.29) is 0 Å². The molecule has 0 saturated heterocycles. The molecule has 0 saturated carbocycles. The van der Waals surface area contributed by atoms with E-state index in [0.29, 0.717) is 5.02 Å². The van der Waals surface area contributed by atoms with Gasteiger partial charge in [0.05, 0.1) is 28.6 Å². The van der Waals surface area contributed by atoms with E-state index in [1.165, 1.54) is 0 Å². The third-order valence-electron chi connectivity index (χ3n) is 6.06. The number of rotatable bonds is 5. The highest BCUT2D eigenvalue weighted by atomic mass is 35.5. The maximum Gasteiger partial charge on any atom is 0.0738 e. The van der Waals surface area contributed by atoms with E-state index in [9.17, 15) is 0 Å². The third kappa shape index (κ3) is 3.94. The van der Waals surface area contributed by atoms with Gasteiger partial charge in [-0.15, -0.1) is 0 Å². The third-order valence-corrected chi connectivity index (χ3v) is 6.29. The van der Waals surface area contributed by atoms with Crippen LogP contribution < -0.4 is 5.43 Å². The van der Waals surface area contributed by atoms with Gasteiger partial charge in [0, 0.05) is 33.2 Å². The highest BCUT2D eigenvalue weighted by Crippen LogP contribution is 2.35. The molecule has 0 bridgehead atoms. The number of para-hydroxylation sites is 2. The van der Waals surface area contributed by atoms with E-state index in [1.807, 2.05) is 42.6 Å². The summed E-state index contributed by atoms with van der Waals surface area (Å²) in [6.07, 6.45) is 3.67. The molecule has 0 radical (unpaired) electrons. The Morgan fingerprint density at radius 1 is 0.771 bits per heavy atom. The molecule has 6 aromatic rings. The minimum atomic E-state index is 0.659. The molecule has 35 heavy (non-hydrogen) atoms. The summed E-state index contributed by atoms with van der Waals surface area (Å²) in [5.74, 6) is 0. The Hall–Kier alpha value is -4.41. The van der Waals surface area contributed by atoms with Crippen LogP contribution in [0.25, 0.3) is 38.8 Å². The molecule has 0 aliphatic rings. The van der Waals surface area contributed by atoms with Crippen molar-refractivity contribution in [1.82, 2.24) is 9.55 Å². The molecule has 0 aliphatic carbocycles. The van der Waals surface area contributed by atoms with Crippen molar-refractivity contribution in [3.05, 3.63) is 126 Å². The second-order valence-electron chi connectivity index (χ2n) is 8.21. The number of hydrazone groups is 1. The van der Waals surface area contributed by atoms with Gasteiger partial charge in [0.25, 0.3) is 0 Å². The molecule has 168 valence electrons. The van der Waals surface area contributed by atoms with E-state index in [0.717, 1.165) is 50.0 Å². The van der Waals surface area contributed by atoms with Gasteiger partial charge in [-0.25, -0.2) is 0 Å². The molecular formula is C30H21ClN4. The Labute approximate surface area is 208 Å². The molecular weight excluding hydrogens is 452 g/mol. The van der Waals surface area contributed by atoms with Crippen LogP contribution in [0.3, 0.4) is 0 Å². The summed E-state index contributed by atoms with van der Waals surface area (Å²) in [7, 11) is 0. The SMILES string of the molecule is Clc1ccc2c(N/N=C\c3c(-c4ccccc4)n(-c4ccccc4)c4ccccc34)ccnc2c1. The molecule has 4 aromatic carbocycles. The van der Waals surface area contributed by atoms with E-state index < -0.39 is 0 Å². The Kier molecular flexibility index (Phi) is 5.49. The lowest BCUT2D eigenvalue weighted by Crippen LogP contribution is -1.98. The summed E-state index contributed by atoms with van der Waals surface area (Å²) < 4.78 is 2.30. The number of hydrogen-bond acceptors (Lipinski definition) is 3. The van der Waals surface area contributed by atoms with Crippen LogP contribution in [0.5, 0.6) is 0 Å². The molecule has 4 nitrogen and oxygen atoms in total. The smallest absolute Gasteiger partial charge is 0.0738 e. The lowest BCUT2D eigenvalue weighted by Gasteiger charge is -2.12. The Morgan fingerprint density at radius 2 is 1.51 bits per heavy atom. The van der Waals surface area contributed by atoms with Crippen molar-refractivity contribution >= 4 is 45.3 Å². The first-order chi connectivity index (χ1) is 17.3. The Morgan fingerprint density at radius 3 is 2.34 bits per heavy atom. The van der Waals surface area contributed by atoms with Crippen LogP contribution in [0.1, 0.15) is 5.56 Å². The summed E-state index contributed by atoms with van der Waals surface area (Å²) in [6, 6.07) is 36.9. The predicted octanol–water partition coefficient (Wildman–Crippen LogP) is 7.95. The van der Waals surface area contributed by atoms with Crippen molar-refractivity contribution in [3.8, 4) is 16.9 Å². The average Bonchev–Trinajstić information content (AvgIpc) is 3.24. The van der Waals surface area contributed by atoms with Gasteiger partial charge in [0.15, 0.2) is 0 Å². The van der Waals surface area contributed by atoms with Gasteiger partial charge < -0.3 is 4.57 Å². The van der Waals surface area contributed by atoms with Gasteiger partial charge >= 0.3 is 0 Å². The van der Waals surface area contributed by atoms with E-state index in [1.54, 1.807) is 6.20 Å². The van der Waals surface area contributed by atoms with Crippen molar-refractivity contribution in [3.63, 3.8) is 0 Å². The van der Waals surface area contributed by atoms with Crippen LogP contribution in [-0.2, 0) is 0 Å². The number of pyridine rings is 1. The molecule has 0 amide bonds. The van der Waals surface area contributed by atoms with Crippen molar-refractivity contribution in [1.29, 1.82) is 0 Å². The second-order valence-corrected chi connectivity index (χ2v) is 8.64. The zero-order valence-corrected chi connectivity index (χ0v) is 19.5. The highest BCUT2D eigenvalue weighted by Gasteiger charge is 2.18. The summed E-state index contributed by atoms with van der Waals surface area (Å²) in [6.45, 7) is 0. The molecule has 1 N–H and O–H groups in total. The van der Waals surface area contributed by atoms with Gasteiger partial charge in [-0.2, -0.15) is 5.10 Å². The maximum absolute atomic E-state index is 6.15. The van der Waals surface area contributed by atoms with E-state index in [4.69, 9.17) is 11.6 Å². The zero-order valence-electron chi connectivity index (χ0n) is 18.8. The van der Waals surface area contributed by atoms with E-state index in [2.05, 4.69) is 92.9 Å². The largest absolute Gasteiger partial charge is 0.309 e. The summed E-state index contributed by atoms with van der Waals surface area (Å²) in [4.78, 5) is 4.42. The van der Waals surface area contributed by atoms with Gasteiger partial charge in [-0.05, 0) is 48.0 Å². The van der Waals surface area contributed by atoms with Crippen LogP contribution in [0.4, 0.5) is 5.69 Å².